The van der Waals surface area contributed by atoms with Crippen LogP contribution in [0.3, 0.4) is 0 Å². The van der Waals surface area contributed by atoms with Crippen LogP contribution in [0.2, 0.25) is 0 Å². The minimum atomic E-state index is -3.51. The highest BCUT2D eigenvalue weighted by Crippen LogP contribution is 2.25. The zero-order valence-corrected chi connectivity index (χ0v) is 15.9. The first-order chi connectivity index (χ1) is 11.9. The van der Waals surface area contributed by atoms with Gasteiger partial charge in [0, 0.05) is 44.8 Å². The van der Waals surface area contributed by atoms with Gasteiger partial charge in [0.05, 0.1) is 4.90 Å². The molecule has 138 valence electrons. The fraction of sp³-hybridized carbons (Fsp3) is 0.611. The summed E-state index contributed by atoms with van der Waals surface area (Å²) in [7, 11) is -3.51. The third-order valence-corrected chi connectivity index (χ3v) is 7.27. The molecule has 2 saturated heterocycles. The molecule has 25 heavy (non-hydrogen) atoms. The molecule has 6 nitrogen and oxygen atoms in total. The fourth-order valence-electron chi connectivity index (χ4n) is 3.53. The average molecular weight is 365 g/mol. The second-order valence-electron chi connectivity index (χ2n) is 6.82. The summed E-state index contributed by atoms with van der Waals surface area (Å²) in [6.45, 7) is 9.15. The minimum Gasteiger partial charge on any atom is -0.336 e. The van der Waals surface area contributed by atoms with Crippen molar-refractivity contribution < 1.29 is 13.2 Å². The maximum Gasteiger partial charge on any atom is 0.253 e. The lowest BCUT2D eigenvalue weighted by Crippen LogP contribution is -2.48. The molecular formula is C18H27N3O3S. The van der Waals surface area contributed by atoms with E-state index in [1.165, 1.54) is 4.31 Å². The molecule has 7 heteroatoms. The molecule has 3 rings (SSSR count). The van der Waals surface area contributed by atoms with Crippen molar-refractivity contribution in [2.75, 3.05) is 45.8 Å². The van der Waals surface area contributed by atoms with Gasteiger partial charge in [0.25, 0.3) is 5.91 Å². The molecule has 0 unspecified atom stereocenters. The van der Waals surface area contributed by atoms with Gasteiger partial charge in [-0.2, -0.15) is 4.31 Å². The predicted molar refractivity (Wildman–Crippen MR) is 97.2 cm³/mol. The lowest BCUT2D eigenvalue weighted by Gasteiger charge is -2.34. The smallest absolute Gasteiger partial charge is 0.253 e. The second kappa shape index (κ2) is 7.43. The lowest BCUT2D eigenvalue weighted by molar-refractivity contribution is 0.0643. The highest BCUT2D eigenvalue weighted by Gasteiger charge is 2.30. The highest BCUT2D eigenvalue weighted by atomic mass is 32.2. The van der Waals surface area contributed by atoms with Gasteiger partial charge < -0.3 is 9.80 Å². The first-order valence-electron chi connectivity index (χ1n) is 9.06. The summed E-state index contributed by atoms with van der Waals surface area (Å²) in [4.78, 5) is 17.2. The SMILES string of the molecule is CCN1CCN(C(=O)c2ccc(C)c(S(=O)(=O)N3CCCC3)c2)CC1. The number of carbonyl (C=O) groups excluding carboxylic acids is 1. The van der Waals surface area contributed by atoms with Crippen molar-refractivity contribution in [2.45, 2.75) is 31.6 Å². The zero-order chi connectivity index (χ0) is 18.0. The Morgan fingerprint density at radius 1 is 1.04 bits per heavy atom. The summed E-state index contributed by atoms with van der Waals surface area (Å²) < 4.78 is 27.3. The molecule has 0 N–H and O–H groups in total. The van der Waals surface area contributed by atoms with Crippen LogP contribution in [0.15, 0.2) is 23.1 Å². The summed E-state index contributed by atoms with van der Waals surface area (Å²) in [5, 5.41) is 0. The number of hydrogen-bond acceptors (Lipinski definition) is 4. The summed E-state index contributed by atoms with van der Waals surface area (Å²) >= 11 is 0. The molecule has 0 atom stereocenters. The average Bonchev–Trinajstić information content (AvgIpc) is 3.17. The second-order valence-corrected chi connectivity index (χ2v) is 8.72. The number of nitrogens with zero attached hydrogens (tertiary/aromatic N) is 3. The molecule has 0 radical (unpaired) electrons. The summed E-state index contributed by atoms with van der Waals surface area (Å²) in [5.74, 6) is -0.0753. The van der Waals surface area contributed by atoms with E-state index < -0.39 is 10.0 Å². The van der Waals surface area contributed by atoms with E-state index >= 15 is 0 Å². The maximum absolute atomic E-state index is 12.9. The van der Waals surface area contributed by atoms with Crippen LogP contribution in [-0.2, 0) is 10.0 Å². The molecule has 0 aromatic heterocycles. The van der Waals surface area contributed by atoms with Crippen LogP contribution >= 0.6 is 0 Å². The van der Waals surface area contributed by atoms with Crippen LogP contribution in [0.5, 0.6) is 0 Å². The molecule has 0 bridgehead atoms. The van der Waals surface area contributed by atoms with E-state index in [2.05, 4.69) is 11.8 Å². The molecule has 2 aliphatic rings. The highest BCUT2D eigenvalue weighted by molar-refractivity contribution is 7.89. The zero-order valence-electron chi connectivity index (χ0n) is 15.1. The van der Waals surface area contributed by atoms with E-state index in [1.807, 2.05) is 4.90 Å². The minimum absolute atomic E-state index is 0.0753. The fourth-order valence-corrected chi connectivity index (χ4v) is 5.30. The van der Waals surface area contributed by atoms with Crippen molar-refractivity contribution in [1.82, 2.24) is 14.1 Å². The van der Waals surface area contributed by atoms with Gasteiger partial charge in [-0.05, 0) is 44.0 Å². The van der Waals surface area contributed by atoms with Crippen molar-refractivity contribution in [3.63, 3.8) is 0 Å². The molecule has 2 fully saturated rings. The first kappa shape index (κ1) is 18.4. The third kappa shape index (κ3) is 3.73. The van der Waals surface area contributed by atoms with Gasteiger partial charge in [-0.15, -0.1) is 0 Å². The molecule has 1 aromatic rings. The quantitative estimate of drug-likeness (QED) is 0.812. The number of sulfonamides is 1. The number of carbonyl (C=O) groups is 1. The Hall–Kier alpha value is -1.44. The number of rotatable bonds is 4. The number of likely N-dealkylation sites (N-methyl/N-ethyl adjacent to an activating group) is 1. The van der Waals surface area contributed by atoms with Crippen molar-refractivity contribution in [2.24, 2.45) is 0 Å². The Morgan fingerprint density at radius 3 is 2.28 bits per heavy atom. The molecule has 0 saturated carbocycles. The monoisotopic (exact) mass is 365 g/mol. The Morgan fingerprint density at radius 2 is 1.68 bits per heavy atom. The predicted octanol–water partition coefficient (Wildman–Crippen LogP) is 1.56. The topological polar surface area (TPSA) is 60.9 Å². The standard InChI is InChI=1S/C18H27N3O3S/c1-3-19-10-12-20(13-11-19)18(22)16-7-6-15(2)17(14-16)25(23,24)21-8-4-5-9-21/h6-7,14H,3-5,8-13H2,1-2H3. The molecule has 1 aromatic carbocycles. The third-order valence-electron chi connectivity index (χ3n) is 5.22. The van der Waals surface area contributed by atoms with Gasteiger partial charge in [-0.25, -0.2) is 8.42 Å². The molecule has 2 aliphatic heterocycles. The van der Waals surface area contributed by atoms with E-state index in [9.17, 15) is 13.2 Å². The number of hydrogen-bond donors (Lipinski definition) is 0. The largest absolute Gasteiger partial charge is 0.336 e. The number of aryl methyl sites for hydroxylation is 1. The van der Waals surface area contributed by atoms with Crippen molar-refractivity contribution in [3.05, 3.63) is 29.3 Å². The van der Waals surface area contributed by atoms with Gasteiger partial charge in [0.1, 0.15) is 0 Å². The van der Waals surface area contributed by atoms with Crippen molar-refractivity contribution in [1.29, 1.82) is 0 Å². The van der Waals surface area contributed by atoms with Crippen LogP contribution in [0, 0.1) is 6.92 Å². The van der Waals surface area contributed by atoms with Gasteiger partial charge in [0.15, 0.2) is 0 Å². The molecule has 2 heterocycles. The van der Waals surface area contributed by atoms with E-state index in [-0.39, 0.29) is 10.8 Å². The van der Waals surface area contributed by atoms with Gasteiger partial charge in [0.2, 0.25) is 10.0 Å². The number of piperazine rings is 1. The molecular weight excluding hydrogens is 338 g/mol. The van der Waals surface area contributed by atoms with E-state index in [0.717, 1.165) is 32.5 Å². The van der Waals surface area contributed by atoms with Crippen LogP contribution in [0.4, 0.5) is 0 Å². The van der Waals surface area contributed by atoms with Gasteiger partial charge in [-0.3, -0.25) is 4.79 Å². The van der Waals surface area contributed by atoms with E-state index in [1.54, 1.807) is 25.1 Å². The summed E-state index contributed by atoms with van der Waals surface area (Å²) in [5.41, 5.74) is 1.16. The van der Waals surface area contributed by atoms with Crippen LogP contribution in [0.25, 0.3) is 0 Å². The van der Waals surface area contributed by atoms with Gasteiger partial charge >= 0.3 is 0 Å². The summed E-state index contributed by atoms with van der Waals surface area (Å²) in [6.07, 6.45) is 1.80. The van der Waals surface area contributed by atoms with Gasteiger partial charge in [-0.1, -0.05) is 13.0 Å². The summed E-state index contributed by atoms with van der Waals surface area (Å²) in [6, 6.07) is 5.06. The maximum atomic E-state index is 12.9. The normalized spacial score (nSPS) is 20.2. The van der Waals surface area contributed by atoms with E-state index in [0.29, 0.717) is 37.3 Å². The van der Waals surface area contributed by atoms with E-state index in [4.69, 9.17) is 0 Å². The lowest BCUT2D eigenvalue weighted by atomic mass is 10.1. The molecule has 0 spiro atoms. The first-order valence-corrected chi connectivity index (χ1v) is 10.5. The van der Waals surface area contributed by atoms with Crippen LogP contribution in [-0.4, -0.2) is 74.2 Å². The molecule has 0 aliphatic carbocycles. The van der Waals surface area contributed by atoms with Crippen molar-refractivity contribution >= 4 is 15.9 Å². The number of amides is 1. The Labute approximate surface area is 150 Å². The Bertz CT molecular complexity index is 734. The Balaban J connectivity index is 1.83. The molecule has 1 amide bonds. The Kier molecular flexibility index (Phi) is 5.46. The number of benzene rings is 1. The van der Waals surface area contributed by atoms with Crippen molar-refractivity contribution in [3.8, 4) is 0 Å². The van der Waals surface area contributed by atoms with Crippen LogP contribution < -0.4 is 0 Å². The van der Waals surface area contributed by atoms with Crippen LogP contribution in [0.1, 0.15) is 35.7 Å².